The fourth-order valence-electron chi connectivity index (χ4n) is 2.71. The van der Waals surface area contributed by atoms with Gasteiger partial charge in [0.05, 0.1) is 5.69 Å². The number of carbonyl (C=O) groups excluding carboxylic acids is 1. The molecular weight excluding hydrogens is 290 g/mol. The molecule has 0 saturated heterocycles. The van der Waals surface area contributed by atoms with Gasteiger partial charge in [-0.25, -0.2) is 0 Å². The number of amides is 1. The molecule has 6 heteroatoms. The zero-order valence-corrected chi connectivity index (χ0v) is 14.9. The number of aryl methyl sites for hydroxylation is 2. The average molecular weight is 317 g/mol. The van der Waals surface area contributed by atoms with Gasteiger partial charge in [-0.05, 0) is 24.0 Å². The first-order valence-electron chi connectivity index (χ1n) is 8.11. The number of hydrogen-bond donors (Lipinski definition) is 1. The van der Waals surface area contributed by atoms with Gasteiger partial charge in [0, 0.05) is 38.4 Å². The normalized spacial score (nSPS) is 12.9. The summed E-state index contributed by atoms with van der Waals surface area (Å²) in [5, 5.41) is 11.7. The second-order valence-corrected chi connectivity index (χ2v) is 6.67. The first-order valence-corrected chi connectivity index (χ1v) is 8.11. The van der Waals surface area contributed by atoms with Crippen LogP contribution >= 0.6 is 0 Å². The van der Waals surface area contributed by atoms with E-state index in [2.05, 4.69) is 43.2 Å². The molecule has 1 amide bonds. The topological polar surface area (TPSA) is 64.7 Å². The molecule has 0 radical (unpaired) electrons. The van der Waals surface area contributed by atoms with Gasteiger partial charge in [-0.1, -0.05) is 27.7 Å². The van der Waals surface area contributed by atoms with Gasteiger partial charge in [0.1, 0.15) is 5.69 Å². The van der Waals surface area contributed by atoms with Crippen molar-refractivity contribution in [2.45, 2.75) is 39.5 Å². The van der Waals surface area contributed by atoms with Crippen LogP contribution in [0, 0.1) is 5.92 Å². The third-order valence-electron chi connectivity index (χ3n) is 4.25. The number of hydrogen-bond acceptors (Lipinski definition) is 3. The Balaban J connectivity index is 2.09. The number of nitrogens with one attached hydrogen (secondary N) is 1. The molecule has 2 aromatic heterocycles. The Morgan fingerprint density at radius 1 is 1.22 bits per heavy atom. The van der Waals surface area contributed by atoms with Gasteiger partial charge in [-0.15, -0.1) is 0 Å². The quantitative estimate of drug-likeness (QED) is 0.890. The van der Waals surface area contributed by atoms with Crippen LogP contribution in [0.15, 0.2) is 18.3 Å². The van der Waals surface area contributed by atoms with Gasteiger partial charge in [0.15, 0.2) is 0 Å². The SMILES string of the molecule is CC(C)c1cc(C(=O)NCC(c2ccnn2C)C(C)C)n(C)n1. The van der Waals surface area contributed by atoms with Crippen LogP contribution in [0.2, 0.25) is 0 Å². The van der Waals surface area contributed by atoms with Crippen LogP contribution < -0.4 is 5.32 Å². The van der Waals surface area contributed by atoms with Gasteiger partial charge in [0.2, 0.25) is 0 Å². The molecule has 0 bridgehead atoms. The molecule has 1 atom stereocenters. The Morgan fingerprint density at radius 2 is 1.91 bits per heavy atom. The van der Waals surface area contributed by atoms with E-state index in [1.807, 2.05) is 30.9 Å². The molecule has 126 valence electrons. The van der Waals surface area contributed by atoms with Gasteiger partial charge in [0.25, 0.3) is 5.91 Å². The molecule has 0 aliphatic rings. The second kappa shape index (κ2) is 6.98. The third kappa shape index (κ3) is 3.81. The van der Waals surface area contributed by atoms with Gasteiger partial charge in [-0.3, -0.25) is 14.2 Å². The minimum absolute atomic E-state index is 0.0836. The van der Waals surface area contributed by atoms with E-state index in [0.29, 0.717) is 24.1 Å². The summed E-state index contributed by atoms with van der Waals surface area (Å²) in [6, 6.07) is 3.88. The van der Waals surface area contributed by atoms with Crippen molar-refractivity contribution in [3.63, 3.8) is 0 Å². The summed E-state index contributed by atoms with van der Waals surface area (Å²) in [7, 11) is 3.74. The van der Waals surface area contributed by atoms with E-state index < -0.39 is 0 Å². The van der Waals surface area contributed by atoms with E-state index in [9.17, 15) is 4.79 Å². The first kappa shape index (κ1) is 17.2. The minimum atomic E-state index is -0.0836. The third-order valence-corrected chi connectivity index (χ3v) is 4.25. The molecule has 23 heavy (non-hydrogen) atoms. The maximum atomic E-state index is 12.5. The summed E-state index contributed by atoms with van der Waals surface area (Å²) >= 11 is 0. The van der Waals surface area contributed by atoms with Gasteiger partial charge >= 0.3 is 0 Å². The zero-order valence-electron chi connectivity index (χ0n) is 14.9. The summed E-state index contributed by atoms with van der Waals surface area (Å²) in [4.78, 5) is 12.5. The molecule has 0 aliphatic heterocycles. The Kier molecular flexibility index (Phi) is 5.23. The Hall–Kier alpha value is -2.11. The Morgan fingerprint density at radius 3 is 2.39 bits per heavy atom. The predicted octanol–water partition coefficient (Wildman–Crippen LogP) is 2.45. The molecule has 0 spiro atoms. The van der Waals surface area contributed by atoms with Crippen LogP contribution in [0.5, 0.6) is 0 Å². The van der Waals surface area contributed by atoms with Crippen molar-refractivity contribution < 1.29 is 4.79 Å². The fourth-order valence-corrected chi connectivity index (χ4v) is 2.71. The summed E-state index contributed by atoms with van der Waals surface area (Å²) in [6.07, 6.45) is 1.79. The van der Waals surface area contributed by atoms with E-state index >= 15 is 0 Å². The zero-order chi connectivity index (χ0) is 17.1. The fraction of sp³-hybridized carbons (Fsp3) is 0.588. The number of nitrogens with zero attached hydrogens (tertiary/aromatic N) is 4. The van der Waals surface area contributed by atoms with E-state index in [1.54, 1.807) is 10.9 Å². The second-order valence-electron chi connectivity index (χ2n) is 6.67. The lowest BCUT2D eigenvalue weighted by Gasteiger charge is -2.21. The lowest BCUT2D eigenvalue weighted by atomic mass is 9.92. The summed E-state index contributed by atoms with van der Waals surface area (Å²) < 4.78 is 3.52. The maximum Gasteiger partial charge on any atom is 0.269 e. The molecule has 0 saturated carbocycles. The highest BCUT2D eigenvalue weighted by Crippen LogP contribution is 2.23. The molecule has 0 fully saturated rings. The molecule has 0 aliphatic carbocycles. The number of rotatable bonds is 6. The molecule has 2 aromatic rings. The molecule has 0 aromatic carbocycles. The summed E-state index contributed by atoms with van der Waals surface area (Å²) in [5.41, 5.74) is 2.67. The van der Waals surface area contributed by atoms with Crippen LogP contribution in [-0.2, 0) is 14.1 Å². The highest BCUT2D eigenvalue weighted by molar-refractivity contribution is 5.92. The predicted molar refractivity (Wildman–Crippen MR) is 90.4 cm³/mol. The van der Waals surface area contributed by atoms with Crippen LogP contribution in [-0.4, -0.2) is 32.0 Å². The van der Waals surface area contributed by atoms with Crippen molar-refractivity contribution in [2.24, 2.45) is 20.0 Å². The molecular formula is C17H27N5O. The van der Waals surface area contributed by atoms with Crippen molar-refractivity contribution in [3.8, 4) is 0 Å². The van der Waals surface area contributed by atoms with Crippen LogP contribution in [0.3, 0.4) is 0 Å². The summed E-state index contributed by atoms with van der Waals surface area (Å²) in [5.74, 6) is 0.855. The van der Waals surface area contributed by atoms with Crippen LogP contribution in [0.25, 0.3) is 0 Å². The Labute approximate surface area is 137 Å². The molecule has 2 rings (SSSR count). The van der Waals surface area contributed by atoms with E-state index in [0.717, 1.165) is 11.4 Å². The highest BCUT2D eigenvalue weighted by atomic mass is 16.2. The van der Waals surface area contributed by atoms with Crippen LogP contribution in [0.4, 0.5) is 0 Å². The average Bonchev–Trinajstić information content (AvgIpc) is 3.05. The van der Waals surface area contributed by atoms with Gasteiger partial charge < -0.3 is 5.32 Å². The van der Waals surface area contributed by atoms with E-state index in [1.165, 1.54) is 0 Å². The number of carbonyl (C=O) groups is 1. The van der Waals surface area contributed by atoms with E-state index in [-0.39, 0.29) is 11.8 Å². The van der Waals surface area contributed by atoms with Crippen LogP contribution in [0.1, 0.15) is 61.4 Å². The maximum absolute atomic E-state index is 12.5. The van der Waals surface area contributed by atoms with Crippen molar-refractivity contribution in [1.29, 1.82) is 0 Å². The smallest absolute Gasteiger partial charge is 0.269 e. The molecule has 1 N–H and O–H groups in total. The molecule has 2 heterocycles. The van der Waals surface area contributed by atoms with Gasteiger partial charge in [-0.2, -0.15) is 10.2 Å². The summed E-state index contributed by atoms with van der Waals surface area (Å²) in [6.45, 7) is 9.04. The molecule has 1 unspecified atom stereocenters. The largest absolute Gasteiger partial charge is 0.350 e. The highest BCUT2D eigenvalue weighted by Gasteiger charge is 2.21. The Bertz CT molecular complexity index is 668. The van der Waals surface area contributed by atoms with Crippen molar-refractivity contribution >= 4 is 5.91 Å². The molecule has 6 nitrogen and oxygen atoms in total. The first-order chi connectivity index (χ1) is 10.8. The van der Waals surface area contributed by atoms with E-state index in [4.69, 9.17) is 0 Å². The van der Waals surface area contributed by atoms with Crippen molar-refractivity contribution in [1.82, 2.24) is 24.9 Å². The van der Waals surface area contributed by atoms with Crippen molar-refractivity contribution in [3.05, 3.63) is 35.4 Å². The number of aromatic nitrogens is 4. The van der Waals surface area contributed by atoms with Crippen molar-refractivity contribution in [2.75, 3.05) is 6.54 Å². The minimum Gasteiger partial charge on any atom is -0.350 e. The lowest BCUT2D eigenvalue weighted by molar-refractivity contribution is 0.0939. The standard InChI is InChI=1S/C17H27N5O/c1-11(2)13(15-7-8-19-21(15)5)10-18-17(23)16-9-14(12(3)4)20-22(16)6/h7-9,11-13H,10H2,1-6H3,(H,18,23). The monoisotopic (exact) mass is 317 g/mol. The lowest BCUT2D eigenvalue weighted by Crippen LogP contribution is -2.32.